The SMILES string of the molecule is Cc1c(C#Cc2ccc(C=O)cc2)cc(C(F)F)c2cn(C(C(=O)Nc3nccs3)c3ncn4c3CCC43CC3)nc12. The topological polar surface area (TPSA) is 94.7 Å². The van der Waals surface area contributed by atoms with Gasteiger partial charge in [-0.25, -0.2) is 18.7 Å². The highest BCUT2D eigenvalue weighted by molar-refractivity contribution is 7.13. The van der Waals surface area contributed by atoms with Gasteiger partial charge in [0.1, 0.15) is 6.29 Å². The molecule has 2 aliphatic rings. The van der Waals surface area contributed by atoms with Crippen LogP contribution in [0.5, 0.6) is 0 Å². The molecule has 8 nitrogen and oxygen atoms in total. The lowest BCUT2D eigenvalue weighted by Gasteiger charge is -2.16. The van der Waals surface area contributed by atoms with Crippen LogP contribution in [0.1, 0.15) is 75.7 Å². The Bertz CT molecular complexity index is 1910. The highest BCUT2D eigenvalue weighted by atomic mass is 32.1. The molecule has 0 saturated heterocycles. The Hall–Kier alpha value is -4.69. The Kier molecular flexibility index (Phi) is 6.24. The highest BCUT2D eigenvalue weighted by Crippen LogP contribution is 2.52. The van der Waals surface area contributed by atoms with Crippen LogP contribution in [0.15, 0.2) is 54.4 Å². The Morgan fingerprint density at radius 2 is 1.98 bits per heavy atom. The van der Waals surface area contributed by atoms with E-state index in [1.165, 1.54) is 28.3 Å². The first kappa shape index (κ1) is 26.2. The van der Waals surface area contributed by atoms with Crippen molar-refractivity contribution in [3.8, 4) is 11.8 Å². The summed E-state index contributed by atoms with van der Waals surface area (Å²) in [4.78, 5) is 33.6. The van der Waals surface area contributed by atoms with Gasteiger partial charge in [0.15, 0.2) is 11.2 Å². The lowest BCUT2D eigenvalue weighted by Crippen LogP contribution is -2.28. The molecule has 2 aromatic carbocycles. The maximum absolute atomic E-state index is 14.4. The van der Waals surface area contributed by atoms with Crippen LogP contribution < -0.4 is 5.32 Å². The van der Waals surface area contributed by atoms with Gasteiger partial charge in [-0.1, -0.05) is 24.0 Å². The van der Waals surface area contributed by atoms with Gasteiger partial charge in [0, 0.05) is 56.6 Å². The molecule has 210 valence electrons. The van der Waals surface area contributed by atoms with Gasteiger partial charge in [-0.2, -0.15) is 5.10 Å². The number of nitrogens with zero attached hydrogens (tertiary/aromatic N) is 5. The smallest absolute Gasteiger partial charge is 0.264 e. The molecule has 1 spiro atoms. The van der Waals surface area contributed by atoms with Crippen molar-refractivity contribution in [2.75, 3.05) is 5.32 Å². The van der Waals surface area contributed by atoms with E-state index >= 15 is 0 Å². The summed E-state index contributed by atoms with van der Waals surface area (Å²) in [5, 5.41) is 10.0. The zero-order valence-corrected chi connectivity index (χ0v) is 23.3. The number of aryl methyl sites for hydroxylation is 1. The van der Waals surface area contributed by atoms with Crippen LogP contribution in [-0.2, 0) is 16.8 Å². The summed E-state index contributed by atoms with van der Waals surface area (Å²) in [5.41, 5.74) is 3.95. The number of amides is 1. The predicted molar refractivity (Wildman–Crippen MR) is 154 cm³/mol. The molecule has 1 N–H and O–H groups in total. The zero-order valence-electron chi connectivity index (χ0n) is 22.5. The summed E-state index contributed by atoms with van der Waals surface area (Å²) in [7, 11) is 0. The number of benzene rings is 2. The maximum atomic E-state index is 14.4. The fraction of sp³-hybridized carbons (Fsp3) is 0.258. The number of halogens is 2. The van der Waals surface area contributed by atoms with E-state index in [9.17, 15) is 18.4 Å². The molecule has 11 heteroatoms. The Balaban J connectivity index is 1.34. The Morgan fingerprint density at radius 1 is 1.17 bits per heavy atom. The van der Waals surface area contributed by atoms with Crippen molar-refractivity contribution in [2.24, 2.45) is 0 Å². The van der Waals surface area contributed by atoms with Gasteiger partial charge >= 0.3 is 0 Å². The van der Waals surface area contributed by atoms with Crippen molar-refractivity contribution in [2.45, 2.75) is 50.6 Å². The molecular weight excluding hydrogens is 558 g/mol. The van der Waals surface area contributed by atoms with Crippen LogP contribution in [0.2, 0.25) is 0 Å². The maximum Gasteiger partial charge on any atom is 0.264 e. The van der Waals surface area contributed by atoms with Crippen molar-refractivity contribution >= 4 is 39.6 Å². The number of nitrogens with one attached hydrogen (secondary N) is 1. The van der Waals surface area contributed by atoms with Gasteiger partial charge < -0.3 is 4.57 Å². The number of hydrogen-bond acceptors (Lipinski definition) is 6. The third-order valence-corrected chi connectivity index (χ3v) is 8.91. The van der Waals surface area contributed by atoms with E-state index in [0.29, 0.717) is 38.6 Å². The summed E-state index contributed by atoms with van der Waals surface area (Å²) in [6.07, 6.45) is 6.81. The van der Waals surface area contributed by atoms with E-state index in [-0.39, 0.29) is 16.5 Å². The van der Waals surface area contributed by atoms with Crippen molar-refractivity contribution in [3.05, 3.63) is 93.6 Å². The quantitative estimate of drug-likeness (QED) is 0.201. The molecule has 0 radical (unpaired) electrons. The Labute approximate surface area is 243 Å². The van der Waals surface area contributed by atoms with Gasteiger partial charge in [-0.3, -0.25) is 19.6 Å². The first-order valence-electron chi connectivity index (χ1n) is 13.5. The van der Waals surface area contributed by atoms with Gasteiger partial charge in [0.05, 0.1) is 17.5 Å². The highest BCUT2D eigenvalue weighted by Gasteiger charge is 2.50. The van der Waals surface area contributed by atoms with Crippen molar-refractivity contribution in [1.29, 1.82) is 0 Å². The first-order valence-corrected chi connectivity index (χ1v) is 14.4. The van der Waals surface area contributed by atoms with Crippen LogP contribution >= 0.6 is 11.3 Å². The zero-order chi connectivity index (χ0) is 29.0. The van der Waals surface area contributed by atoms with E-state index in [4.69, 9.17) is 5.10 Å². The average Bonchev–Trinajstić information content (AvgIpc) is 3.40. The number of carbonyl (C=O) groups is 2. The van der Waals surface area contributed by atoms with Crippen LogP contribution in [0.4, 0.5) is 13.9 Å². The van der Waals surface area contributed by atoms with E-state index in [0.717, 1.165) is 37.7 Å². The van der Waals surface area contributed by atoms with Crippen LogP contribution in [0, 0.1) is 18.8 Å². The second kappa shape index (κ2) is 9.99. The number of aldehydes is 1. The standard InChI is InChI=1S/C31H24F2N6O2S/c1-18-21(7-6-19-2-4-20(16-40)5-3-19)14-22(28(32)33)23-15-39(37-25(18)23)27(29(41)36-30-34-12-13-42-30)26-24-8-9-31(10-11-31)38(24)17-35-26/h2-5,12-17,27-28H,8-11H2,1H3,(H,34,36,41). The molecule has 7 rings (SSSR count). The summed E-state index contributed by atoms with van der Waals surface area (Å²) >= 11 is 1.29. The first-order chi connectivity index (χ1) is 20.4. The molecular formula is C31H24F2N6O2S. The molecule has 1 unspecified atom stereocenters. The van der Waals surface area contributed by atoms with E-state index in [2.05, 4.69) is 31.7 Å². The van der Waals surface area contributed by atoms with Crippen molar-refractivity contribution in [3.63, 3.8) is 0 Å². The minimum absolute atomic E-state index is 0.0896. The summed E-state index contributed by atoms with van der Waals surface area (Å²) in [5.74, 6) is 5.60. The van der Waals surface area contributed by atoms with E-state index in [1.807, 2.05) is 0 Å². The predicted octanol–water partition coefficient (Wildman–Crippen LogP) is 5.81. The molecule has 42 heavy (non-hydrogen) atoms. The third-order valence-electron chi connectivity index (χ3n) is 8.22. The fourth-order valence-electron chi connectivity index (χ4n) is 5.78. The van der Waals surface area contributed by atoms with Gasteiger partial charge in [0.25, 0.3) is 12.3 Å². The summed E-state index contributed by atoms with van der Waals surface area (Å²) in [6.45, 7) is 1.78. The summed E-state index contributed by atoms with van der Waals surface area (Å²) < 4.78 is 32.4. The minimum Gasteiger partial charge on any atom is -0.328 e. The van der Waals surface area contributed by atoms with E-state index in [1.54, 1.807) is 49.1 Å². The minimum atomic E-state index is -2.78. The third kappa shape index (κ3) is 4.39. The number of imidazole rings is 1. The number of hydrogen-bond donors (Lipinski definition) is 1. The van der Waals surface area contributed by atoms with E-state index < -0.39 is 18.4 Å². The second-order valence-electron chi connectivity index (χ2n) is 10.7. The normalized spacial score (nSPS) is 15.4. The molecule has 0 bridgehead atoms. The van der Waals surface area contributed by atoms with Crippen molar-refractivity contribution < 1.29 is 18.4 Å². The second-order valence-corrected chi connectivity index (χ2v) is 11.6. The summed E-state index contributed by atoms with van der Waals surface area (Å²) in [6, 6.07) is 7.10. The largest absolute Gasteiger partial charge is 0.328 e. The average molecular weight is 583 g/mol. The van der Waals surface area contributed by atoms with Crippen LogP contribution in [-0.4, -0.2) is 36.5 Å². The Morgan fingerprint density at radius 3 is 2.67 bits per heavy atom. The number of fused-ring (bicyclic) bond motifs is 3. The van der Waals surface area contributed by atoms with Gasteiger partial charge in [0.2, 0.25) is 0 Å². The van der Waals surface area contributed by atoms with Gasteiger partial charge in [-0.15, -0.1) is 11.3 Å². The molecule has 5 aromatic rings. The van der Waals surface area contributed by atoms with Crippen LogP contribution in [0.25, 0.3) is 10.9 Å². The number of alkyl halides is 2. The number of aromatic nitrogens is 5. The molecule has 1 fully saturated rings. The van der Waals surface area contributed by atoms with Crippen molar-refractivity contribution in [1.82, 2.24) is 24.3 Å². The fourth-order valence-corrected chi connectivity index (χ4v) is 6.32. The molecule has 1 saturated carbocycles. The molecule has 1 atom stereocenters. The number of carbonyl (C=O) groups excluding carboxylic acids is 2. The number of rotatable bonds is 6. The lowest BCUT2D eigenvalue weighted by molar-refractivity contribution is -0.118. The monoisotopic (exact) mass is 582 g/mol. The molecule has 4 heterocycles. The number of anilines is 1. The van der Waals surface area contributed by atoms with Crippen LogP contribution in [0.3, 0.4) is 0 Å². The molecule has 1 aliphatic carbocycles. The lowest BCUT2D eigenvalue weighted by atomic mass is 10.0. The van der Waals surface area contributed by atoms with Gasteiger partial charge in [-0.05, 0) is 56.4 Å². The number of thiazole rings is 1. The molecule has 1 aliphatic heterocycles. The molecule has 3 aromatic heterocycles. The molecule has 1 amide bonds.